The monoisotopic (exact) mass is 360 g/mol. The predicted molar refractivity (Wildman–Crippen MR) is 101 cm³/mol. The summed E-state index contributed by atoms with van der Waals surface area (Å²) in [4.78, 5) is 11.2. The van der Waals surface area contributed by atoms with Crippen LogP contribution in [0.5, 0.6) is 0 Å². The molecule has 1 aromatic heterocycles. The lowest BCUT2D eigenvalue weighted by atomic mass is 10.2. The smallest absolute Gasteiger partial charge is 0.229 e. The first-order chi connectivity index (χ1) is 11.9. The van der Waals surface area contributed by atoms with Gasteiger partial charge in [0.25, 0.3) is 0 Å². The Kier molecular flexibility index (Phi) is 4.94. The molecule has 1 N–H and O–H groups in total. The number of benzene rings is 1. The van der Waals surface area contributed by atoms with E-state index in [0.29, 0.717) is 18.9 Å². The molecule has 0 aliphatic carbocycles. The van der Waals surface area contributed by atoms with Gasteiger partial charge in [-0.1, -0.05) is 18.2 Å². The molecule has 1 saturated heterocycles. The fourth-order valence-electron chi connectivity index (χ4n) is 3.22. The molecule has 134 valence electrons. The molecule has 1 atom stereocenters. The van der Waals surface area contributed by atoms with Gasteiger partial charge in [-0.2, -0.15) is 4.98 Å². The molecule has 7 heteroatoms. The molecule has 0 saturated carbocycles. The molecule has 0 spiro atoms. The molecule has 1 aliphatic heterocycles. The number of nitrogens with zero attached hydrogens (tertiary/aromatic N) is 3. The van der Waals surface area contributed by atoms with Crippen molar-refractivity contribution in [1.29, 1.82) is 0 Å². The van der Waals surface area contributed by atoms with Crippen LogP contribution in [0.4, 0.5) is 17.5 Å². The van der Waals surface area contributed by atoms with E-state index < -0.39 is 9.84 Å². The summed E-state index contributed by atoms with van der Waals surface area (Å²) in [6.45, 7) is 6.69. The Bertz CT molecular complexity index is 867. The maximum absolute atomic E-state index is 11.8. The molecular weight excluding hydrogens is 336 g/mol. The highest BCUT2D eigenvalue weighted by Gasteiger charge is 2.32. The topological polar surface area (TPSA) is 75.2 Å². The Balaban J connectivity index is 1.89. The summed E-state index contributed by atoms with van der Waals surface area (Å²) in [5, 5.41) is 3.27. The minimum absolute atomic E-state index is 0.0180. The third-order valence-electron chi connectivity index (χ3n) is 4.52. The Morgan fingerprint density at radius 3 is 2.64 bits per heavy atom. The fraction of sp³-hybridized carbons (Fsp3) is 0.444. The summed E-state index contributed by atoms with van der Waals surface area (Å²) < 4.78 is 23.7. The summed E-state index contributed by atoms with van der Waals surface area (Å²) in [7, 11) is -2.93. The molecule has 2 heterocycles. The van der Waals surface area contributed by atoms with Gasteiger partial charge in [-0.25, -0.2) is 13.4 Å². The summed E-state index contributed by atoms with van der Waals surface area (Å²) in [6, 6.07) is 9.87. The van der Waals surface area contributed by atoms with E-state index in [9.17, 15) is 8.42 Å². The van der Waals surface area contributed by atoms with E-state index in [1.54, 1.807) is 0 Å². The summed E-state index contributed by atoms with van der Waals surface area (Å²) >= 11 is 0. The fourth-order valence-corrected chi connectivity index (χ4v) is 4.95. The van der Waals surface area contributed by atoms with Crippen LogP contribution in [0.15, 0.2) is 30.3 Å². The van der Waals surface area contributed by atoms with Gasteiger partial charge in [-0.15, -0.1) is 0 Å². The molecule has 1 aliphatic rings. The predicted octanol–water partition coefficient (Wildman–Crippen LogP) is 2.85. The maximum Gasteiger partial charge on any atom is 0.229 e. The number of para-hydroxylation sites is 1. The van der Waals surface area contributed by atoms with Crippen LogP contribution in [0.1, 0.15) is 24.6 Å². The van der Waals surface area contributed by atoms with Crippen molar-refractivity contribution in [2.24, 2.45) is 0 Å². The van der Waals surface area contributed by atoms with E-state index in [4.69, 9.17) is 0 Å². The van der Waals surface area contributed by atoms with Crippen LogP contribution in [0.3, 0.4) is 0 Å². The number of aromatic nitrogens is 2. The van der Waals surface area contributed by atoms with Crippen LogP contribution in [0.2, 0.25) is 0 Å². The number of rotatable bonds is 5. The van der Waals surface area contributed by atoms with Gasteiger partial charge < -0.3 is 10.2 Å². The van der Waals surface area contributed by atoms with Crippen molar-refractivity contribution in [3.63, 3.8) is 0 Å². The zero-order valence-corrected chi connectivity index (χ0v) is 15.7. The van der Waals surface area contributed by atoms with E-state index in [1.165, 1.54) is 0 Å². The second-order valence-corrected chi connectivity index (χ2v) is 8.70. The maximum atomic E-state index is 11.8. The van der Waals surface area contributed by atoms with E-state index in [1.807, 2.05) is 51.1 Å². The number of aryl methyl sites for hydroxylation is 2. The number of nitrogens with one attached hydrogen (secondary N) is 1. The van der Waals surface area contributed by atoms with Crippen molar-refractivity contribution in [1.82, 2.24) is 9.97 Å². The zero-order valence-electron chi connectivity index (χ0n) is 14.9. The van der Waals surface area contributed by atoms with Crippen molar-refractivity contribution in [2.45, 2.75) is 33.2 Å². The third-order valence-corrected chi connectivity index (χ3v) is 6.27. The van der Waals surface area contributed by atoms with Crippen LogP contribution in [-0.2, 0) is 9.84 Å². The summed E-state index contributed by atoms with van der Waals surface area (Å²) in [5.74, 6) is 1.76. The Labute approximate surface area is 149 Å². The first kappa shape index (κ1) is 17.7. The Hall–Kier alpha value is -2.15. The molecule has 25 heavy (non-hydrogen) atoms. The van der Waals surface area contributed by atoms with Crippen LogP contribution in [0, 0.1) is 13.8 Å². The average Bonchev–Trinajstić information content (AvgIpc) is 2.90. The SMILES string of the molecule is CCN(c1cc(C)nc(Nc2ccccc2C)n1)C1CCS(=O)(=O)C1. The first-order valence-electron chi connectivity index (χ1n) is 8.53. The lowest BCUT2D eigenvalue weighted by Gasteiger charge is -2.28. The first-order valence-corrected chi connectivity index (χ1v) is 10.4. The molecule has 3 rings (SSSR count). The van der Waals surface area contributed by atoms with E-state index in [0.717, 1.165) is 22.8 Å². The number of hydrogen-bond donors (Lipinski definition) is 1. The zero-order chi connectivity index (χ0) is 18.0. The van der Waals surface area contributed by atoms with E-state index in [2.05, 4.69) is 20.2 Å². The molecule has 2 aromatic rings. The minimum Gasteiger partial charge on any atom is -0.353 e. The van der Waals surface area contributed by atoms with Crippen LogP contribution in [0.25, 0.3) is 0 Å². The highest BCUT2D eigenvalue weighted by molar-refractivity contribution is 7.91. The van der Waals surface area contributed by atoms with Gasteiger partial charge in [0.15, 0.2) is 9.84 Å². The quantitative estimate of drug-likeness (QED) is 0.884. The Morgan fingerprint density at radius 2 is 2.00 bits per heavy atom. The largest absolute Gasteiger partial charge is 0.353 e. The molecule has 0 amide bonds. The van der Waals surface area contributed by atoms with Gasteiger partial charge in [0.2, 0.25) is 5.95 Å². The summed E-state index contributed by atoms with van der Waals surface area (Å²) in [6.07, 6.45) is 0.653. The molecule has 1 unspecified atom stereocenters. The van der Waals surface area contributed by atoms with Gasteiger partial charge in [-0.3, -0.25) is 0 Å². The van der Waals surface area contributed by atoms with Crippen molar-refractivity contribution >= 4 is 27.3 Å². The van der Waals surface area contributed by atoms with Crippen LogP contribution < -0.4 is 10.2 Å². The van der Waals surface area contributed by atoms with Gasteiger partial charge in [-0.05, 0) is 38.8 Å². The van der Waals surface area contributed by atoms with Gasteiger partial charge >= 0.3 is 0 Å². The van der Waals surface area contributed by atoms with Gasteiger partial charge in [0.05, 0.1) is 11.5 Å². The molecule has 0 radical (unpaired) electrons. The lowest BCUT2D eigenvalue weighted by molar-refractivity contribution is 0.599. The van der Waals surface area contributed by atoms with Crippen molar-refractivity contribution < 1.29 is 8.42 Å². The molecule has 1 aromatic carbocycles. The second kappa shape index (κ2) is 7.00. The normalized spacial score (nSPS) is 18.9. The summed E-state index contributed by atoms with van der Waals surface area (Å²) in [5.41, 5.74) is 2.93. The lowest BCUT2D eigenvalue weighted by Crippen LogP contribution is -2.37. The number of sulfone groups is 1. The van der Waals surface area contributed by atoms with Gasteiger partial charge in [0.1, 0.15) is 5.82 Å². The molecule has 6 nitrogen and oxygen atoms in total. The standard InChI is InChI=1S/C18H24N4O2S/c1-4-22(15-9-10-25(23,24)12-15)17-11-14(3)19-18(21-17)20-16-8-6-5-7-13(16)2/h5-8,11,15H,4,9-10,12H2,1-3H3,(H,19,20,21). The van der Waals surface area contributed by atoms with E-state index in [-0.39, 0.29) is 17.5 Å². The van der Waals surface area contributed by atoms with Crippen molar-refractivity contribution in [3.05, 3.63) is 41.6 Å². The van der Waals surface area contributed by atoms with Crippen molar-refractivity contribution in [3.8, 4) is 0 Å². The number of hydrogen-bond acceptors (Lipinski definition) is 6. The van der Waals surface area contributed by atoms with Gasteiger partial charge in [0, 0.05) is 30.0 Å². The van der Waals surface area contributed by atoms with Crippen LogP contribution in [-0.4, -0.2) is 42.5 Å². The Morgan fingerprint density at radius 1 is 1.24 bits per heavy atom. The minimum atomic E-state index is -2.93. The molecular formula is C18H24N4O2S. The average molecular weight is 360 g/mol. The van der Waals surface area contributed by atoms with Crippen molar-refractivity contribution in [2.75, 3.05) is 28.3 Å². The second-order valence-electron chi connectivity index (χ2n) is 6.47. The van der Waals surface area contributed by atoms with Crippen LogP contribution >= 0.6 is 0 Å². The number of anilines is 3. The van der Waals surface area contributed by atoms with E-state index >= 15 is 0 Å². The highest BCUT2D eigenvalue weighted by Crippen LogP contribution is 2.25. The highest BCUT2D eigenvalue weighted by atomic mass is 32.2. The third kappa shape index (κ3) is 4.10. The molecule has 0 bridgehead atoms. The molecule has 1 fully saturated rings.